The van der Waals surface area contributed by atoms with Crippen LogP contribution in [0.5, 0.6) is 0 Å². The van der Waals surface area contributed by atoms with Gasteiger partial charge in [-0.3, -0.25) is 29.8 Å². The highest BCUT2D eigenvalue weighted by molar-refractivity contribution is 9.10. The molecule has 2 aliphatic heterocycles. The van der Waals surface area contributed by atoms with Crippen LogP contribution in [0, 0.1) is 34.1 Å². The van der Waals surface area contributed by atoms with Crippen LogP contribution in [0.4, 0.5) is 22.7 Å². The SMILES string of the molecule is Cc1ccc(S(=O)(=O)N2CCCCC2)cc1-c1ccc(NC(=O)c2ccc(Cl)cc2)cc1[N+](=O)[O-].Cc1ccc(S(=O)(=O)N2CCCCC2)cc1B(O)O.O=C(Nc1ccc(Br)c([N+](=O)[O-])c1)c1ccc(Cl)cc1. The molecule has 0 atom stereocenters. The molecule has 2 saturated heterocycles. The van der Waals surface area contributed by atoms with E-state index in [1.807, 2.05) is 0 Å². The third-order valence-electron chi connectivity index (χ3n) is 12.0. The van der Waals surface area contributed by atoms with Crippen LogP contribution >= 0.6 is 39.1 Å². The average Bonchev–Trinajstić information content (AvgIpc) is 3.38. The second-order valence-corrected chi connectivity index (χ2v) is 22.7. The maximum atomic E-state index is 13.2. The van der Waals surface area contributed by atoms with Crippen molar-refractivity contribution in [1.29, 1.82) is 0 Å². The Hall–Kier alpha value is -6.08. The van der Waals surface area contributed by atoms with E-state index in [0.29, 0.717) is 74.2 Å². The number of hydrogen-bond donors (Lipinski definition) is 4. The van der Waals surface area contributed by atoms with E-state index in [4.69, 9.17) is 23.2 Å². The fraction of sp³-hybridized carbons (Fsp3) is 0.240. The minimum Gasteiger partial charge on any atom is -0.423 e. The number of carbonyl (C=O) groups excluding carboxylic acids is 2. The molecule has 0 radical (unpaired) electrons. The quantitative estimate of drug-likeness (QED) is 0.0507. The number of piperidine rings is 2. The van der Waals surface area contributed by atoms with Gasteiger partial charge in [0.2, 0.25) is 20.0 Å². The number of carbonyl (C=O) groups is 2. The smallest absolute Gasteiger partial charge is 0.423 e. The van der Waals surface area contributed by atoms with Crippen molar-refractivity contribution in [1.82, 2.24) is 8.61 Å². The predicted octanol–water partition coefficient (Wildman–Crippen LogP) is 9.76. The summed E-state index contributed by atoms with van der Waals surface area (Å²) in [5, 5.41) is 47.5. The van der Waals surface area contributed by atoms with Gasteiger partial charge in [0.1, 0.15) is 0 Å². The van der Waals surface area contributed by atoms with E-state index in [2.05, 4.69) is 26.6 Å². The Morgan fingerprint density at radius 3 is 1.43 bits per heavy atom. The molecule has 4 N–H and O–H groups in total. The molecule has 2 heterocycles. The van der Waals surface area contributed by atoms with Crippen LogP contribution in [0.15, 0.2) is 136 Å². The molecular formula is C50H50BBrCl2N6O12S2. The van der Waals surface area contributed by atoms with Gasteiger partial charge in [-0.05, 0) is 169 Å². The number of anilines is 2. The normalized spacial score (nSPS) is 14.0. The Kier molecular flexibility index (Phi) is 19.7. The van der Waals surface area contributed by atoms with E-state index in [0.717, 1.165) is 38.5 Å². The second-order valence-electron chi connectivity index (χ2n) is 17.1. The minimum absolute atomic E-state index is 0.106. The first kappa shape index (κ1) is 57.2. The largest absolute Gasteiger partial charge is 0.488 e. The van der Waals surface area contributed by atoms with Gasteiger partial charge >= 0.3 is 7.12 Å². The van der Waals surface area contributed by atoms with Crippen molar-refractivity contribution in [2.45, 2.75) is 62.2 Å². The summed E-state index contributed by atoms with van der Waals surface area (Å²) in [5.41, 5.74) is 3.32. The molecule has 6 aromatic rings. The molecule has 0 bridgehead atoms. The Morgan fingerprint density at radius 2 is 0.986 bits per heavy atom. The standard InChI is InChI=1S/C25H24ClN3O5S.C13H8BrClN2O3.C12H18BNO4S/c1-17-5-11-21(35(33,34)28-13-3-2-4-14-28)16-23(17)22-12-10-20(15-24(22)29(31)32)27-25(30)18-6-8-19(26)9-7-18;14-11-6-5-10(7-12(11)17(19)20)16-13(18)8-1-3-9(15)4-2-8;1-10-5-6-11(9-12(10)13(15)16)19(17,18)14-7-3-2-4-8-14/h5-12,15-16H,2-4,13-14H2,1H3,(H,27,30);1-7H,(H,16,18);5-6,9,15-16H,2-4,7-8H2,1H3. The first-order valence-corrected chi connectivity index (χ1v) is 27.4. The van der Waals surface area contributed by atoms with Gasteiger partial charge < -0.3 is 20.7 Å². The third kappa shape index (κ3) is 14.6. The summed E-state index contributed by atoms with van der Waals surface area (Å²) in [7, 11) is -8.88. The molecule has 388 valence electrons. The molecule has 24 heteroatoms. The lowest BCUT2D eigenvalue weighted by Gasteiger charge is -2.26. The lowest BCUT2D eigenvalue weighted by Crippen LogP contribution is -2.37. The highest BCUT2D eigenvalue weighted by Crippen LogP contribution is 2.37. The number of rotatable bonds is 12. The molecule has 2 aliphatic rings. The minimum atomic E-state index is -3.70. The number of hydrogen-bond acceptors (Lipinski definition) is 12. The number of nitro benzene ring substituents is 2. The molecule has 0 aliphatic carbocycles. The van der Waals surface area contributed by atoms with Crippen LogP contribution in [-0.4, -0.2) is 90.5 Å². The molecule has 18 nitrogen and oxygen atoms in total. The van der Waals surface area contributed by atoms with E-state index >= 15 is 0 Å². The maximum Gasteiger partial charge on any atom is 0.488 e. The maximum absolute atomic E-state index is 13.2. The van der Waals surface area contributed by atoms with Crippen LogP contribution in [0.2, 0.25) is 10.0 Å². The van der Waals surface area contributed by atoms with Crippen molar-refractivity contribution < 1.29 is 46.3 Å². The summed E-state index contributed by atoms with van der Waals surface area (Å²) in [5.74, 6) is -0.798. The fourth-order valence-electron chi connectivity index (χ4n) is 7.95. The van der Waals surface area contributed by atoms with E-state index in [1.54, 1.807) is 86.6 Å². The molecule has 8 rings (SSSR count). The van der Waals surface area contributed by atoms with Crippen LogP contribution < -0.4 is 16.1 Å². The van der Waals surface area contributed by atoms with Crippen LogP contribution in [0.1, 0.15) is 70.4 Å². The number of nitro groups is 2. The number of halogens is 3. The predicted molar refractivity (Wildman–Crippen MR) is 289 cm³/mol. The monoisotopic (exact) mass is 1150 g/mol. The van der Waals surface area contributed by atoms with Gasteiger partial charge in [0.25, 0.3) is 23.2 Å². The highest BCUT2D eigenvalue weighted by atomic mass is 79.9. The van der Waals surface area contributed by atoms with Gasteiger partial charge in [-0.1, -0.05) is 53.7 Å². The summed E-state index contributed by atoms with van der Waals surface area (Å²) in [6.45, 7) is 5.49. The van der Waals surface area contributed by atoms with Crippen LogP contribution in [0.3, 0.4) is 0 Å². The number of sulfonamides is 2. The van der Waals surface area contributed by atoms with Gasteiger partial charge in [-0.15, -0.1) is 0 Å². The van der Waals surface area contributed by atoms with Crippen LogP contribution in [-0.2, 0) is 20.0 Å². The molecule has 74 heavy (non-hydrogen) atoms. The number of nitrogens with one attached hydrogen (secondary N) is 2. The molecule has 0 unspecified atom stereocenters. The molecule has 2 fully saturated rings. The molecule has 0 saturated carbocycles. The lowest BCUT2D eigenvalue weighted by atomic mass is 9.77. The first-order chi connectivity index (χ1) is 35.1. The third-order valence-corrected chi connectivity index (χ3v) is 17.0. The Balaban J connectivity index is 0.000000195. The Labute approximate surface area is 447 Å². The summed E-state index contributed by atoms with van der Waals surface area (Å²) in [6, 6.07) is 30.5. The van der Waals surface area contributed by atoms with Crippen LogP contribution in [0.25, 0.3) is 11.1 Å². The summed E-state index contributed by atoms with van der Waals surface area (Å²) in [4.78, 5) is 46.4. The molecule has 2 amide bonds. The van der Waals surface area contributed by atoms with E-state index in [-0.39, 0.29) is 43.8 Å². The lowest BCUT2D eigenvalue weighted by molar-refractivity contribution is -0.385. The van der Waals surface area contributed by atoms with Gasteiger partial charge in [-0.25, -0.2) is 16.8 Å². The van der Waals surface area contributed by atoms with Crippen molar-refractivity contribution in [3.8, 4) is 11.1 Å². The summed E-state index contributed by atoms with van der Waals surface area (Å²) in [6.07, 6.45) is 5.43. The molecule has 6 aromatic carbocycles. The average molecular weight is 1150 g/mol. The van der Waals surface area contributed by atoms with Crippen molar-refractivity contribution in [2.24, 2.45) is 0 Å². The van der Waals surface area contributed by atoms with Crippen molar-refractivity contribution in [2.75, 3.05) is 36.8 Å². The van der Waals surface area contributed by atoms with E-state index < -0.39 is 42.9 Å². The first-order valence-electron chi connectivity index (χ1n) is 23.0. The van der Waals surface area contributed by atoms with Crippen molar-refractivity contribution >= 4 is 106 Å². The van der Waals surface area contributed by atoms with Crippen molar-refractivity contribution in [3.63, 3.8) is 0 Å². The Bertz CT molecular complexity index is 3270. The molecule has 0 spiro atoms. The highest BCUT2D eigenvalue weighted by Gasteiger charge is 2.29. The zero-order chi connectivity index (χ0) is 53.9. The Morgan fingerprint density at radius 1 is 0.568 bits per heavy atom. The number of nitrogens with zero attached hydrogens (tertiary/aromatic N) is 4. The van der Waals surface area contributed by atoms with E-state index in [1.165, 1.54) is 57.1 Å². The number of amides is 2. The zero-order valence-electron chi connectivity index (χ0n) is 39.9. The van der Waals surface area contributed by atoms with E-state index in [9.17, 15) is 56.7 Å². The van der Waals surface area contributed by atoms with Crippen molar-refractivity contribution in [3.05, 3.63) is 178 Å². The topological polar surface area (TPSA) is 260 Å². The number of aryl methyl sites for hydroxylation is 2. The van der Waals surface area contributed by atoms with Gasteiger partial charge in [0.05, 0.1) is 29.7 Å². The fourth-order valence-corrected chi connectivity index (χ4v) is 11.7. The summed E-state index contributed by atoms with van der Waals surface area (Å²) >= 11 is 14.7. The zero-order valence-corrected chi connectivity index (χ0v) is 44.6. The van der Waals surface area contributed by atoms with Gasteiger partial charge in [0, 0.05) is 70.9 Å². The number of benzene rings is 6. The molecule has 0 aromatic heterocycles. The van der Waals surface area contributed by atoms with Gasteiger partial charge in [0.15, 0.2) is 0 Å². The molecular weight excluding hydrogens is 1100 g/mol. The second kappa shape index (κ2) is 25.4. The van der Waals surface area contributed by atoms with Gasteiger partial charge in [-0.2, -0.15) is 8.61 Å². The summed E-state index contributed by atoms with van der Waals surface area (Å²) < 4.78 is 54.5.